The fourth-order valence-corrected chi connectivity index (χ4v) is 1.46. The van der Waals surface area contributed by atoms with Gasteiger partial charge >= 0.3 is 5.97 Å². The third kappa shape index (κ3) is 3.61. The first-order chi connectivity index (χ1) is 6.74. The van der Waals surface area contributed by atoms with Crippen LogP contribution in [0.15, 0.2) is 0 Å². The smallest absolute Gasteiger partial charge is 0.323 e. The normalized spacial score (nSPS) is 23.6. The predicted octanol–water partition coefficient (Wildman–Crippen LogP) is -0.145. The number of carboxylic acids is 1. The van der Waals surface area contributed by atoms with Crippen LogP contribution in [0.1, 0.15) is 12.8 Å². The van der Waals surface area contributed by atoms with Gasteiger partial charge in [-0.05, 0) is 12.8 Å². The molecule has 0 aromatic rings. The standard InChI is InChI=1S/C9H17NO4/c1-13-6-8(9(11)12)10-5-7-3-2-4-14-7/h7-8,10H,2-6H2,1H3,(H,11,12). The van der Waals surface area contributed by atoms with Crippen molar-refractivity contribution in [1.29, 1.82) is 0 Å². The summed E-state index contributed by atoms with van der Waals surface area (Å²) in [6.45, 7) is 1.55. The molecule has 0 saturated carbocycles. The number of methoxy groups -OCH3 is 1. The Morgan fingerprint density at radius 3 is 3.07 bits per heavy atom. The summed E-state index contributed by atoms with van der Waals surface area (Å²) in [5.41, 5.74) is 0. The fraction of sp³-hybridized carbons (Fsp3) is 0.889. The molecule has 1 rings (SSSR count). The van der Waals surface area contributed by atoms with E-state index < -0.39 is 12.0 Å². The molecule has 2 unspecified atom stereocenters. The molecule has 1 aliphatic heterocycles. The number of hydrogen-bond acceptors (Lipinski definition) is 4. The number of rotatable bonds is 6. The Labute approximate surface area is 83.4 Å². The fourth-order valence-electron chi connectivity index (χ4n) is 1.46. The van der Waals surface area contributed by atoms with Crippen LogP contribution < -0.4 is 5.32 Å². The molecule has 0 aromatic carbocycles. The van der Waals surface area contributed by atoms with Crippen molar-refractivity contribution in [3.05, 3.63) is 0 Å². The second kappa shape index (κ2) is 5.95. The van der Waals surface area contributed by atoms with Crippen LogP contribution in [-0.2, 0) is 14.3 Å². The van der Waals surface area contributed by atoms with Crippen molar-refractivity contribution in [2.75, 3.05) is 26.9 Å². The lowest BCUT2D eigenvalue weighted by atomic mass is 10.2. The van der Waals surface area contributed by atoms with Crippen LogP contribution in [0.5, 0.6) is 0 Å². The molecule has 0 amide bonds. The summed E-state index contributed by atoms with van der Waals surface area (Å²) in [5, 5.41) is 11.7. The molecule has 5 heteroatoms. The van der Waals surface area contributed by atoms with E-state index in [0.29, 0.717) is 6.54 Å². The average molecular weight is 203 g/mol. The topological polar surface area (TPSA) is 67.8 Å². The molecular weight excluding hydrogens is 186 g/mol. The van der Waals surface area contributed by atoms with Gasteiger partial charge in [-0.1, -0.05) is 0 Å². The molecule has 2 N–H and O–H groups in total. The number of carbonyl (C=O) groups is 1. The SMILES string of the molecule is COCC(NCC1CCCO1)C(=O)O. The maximum absolute atomic E-state index is 10.7. The highest BCUT2D eigenvalue weighted by Gasteiger charge is 2.20. The minimum Gasteiger partial charge on any atom is -0.480 e. The highest BCUT2D eigenvalue weighted by atomic mass is 16.5. The van der Waals surface area contributed by atoms with Crippen LogP contribution in [0, 0.1) is 0 Å². The Morgan fingerprint density at radius 2 is 2.57 bits per heavy atom. The Kier molecular flexibility index (Phi) is 4.86. The van der Waals surface area contributed by atoms with E-state index in [9.17, 15) is 4.79 Å². The van der Waals surface area contributed by atoms with Gasteiger partial charge in [0.05, 0.1) is 12.7 Å². The first-order valence-corrected chi connectivity index (χ1v) is 4.80. The van der Waals surface area contributed by atoms with Gasteiger partial charge in [-0.2, -0.15) is 0 Å². The van der Waals surface area contributed by atoms with E-state index in [2.05, 4.69) is 5.32 Å². The Balaban J connectivity index is 2.21. The molecule has 0 aliphatic carbocycles. The second-order valence-corrected chi connectivity index (χ2v) is 3.39. The van der Waals surface area contributed by atoms with E-state index >= 15 is 0 Å². The molecule has 14 heavy (non-hydrogen) atoms. The molecule has 0 spiro atoms. The molecule has 1 heterocycles. The Bertz CT molecular complexity index is 180. The van der Waals surface area contributed by atoms with Crippen LogP contribution >= 0.6 is 0 Å². The second-order valence-electron chi connectivity index (χ2n) is 3.39. The molecule has 5 nitrogen and oxygen atoms in total. The van der Waals surface area contributed by atoms with Crippen LogP contribution in [-0.4, -0.2) is 50.1 Å². The average Bonchev–Trinajstić information content (AvgIpc) is 2.64. The largest absolute Gasteiger partial charge is 0.480 e. The molecular formula is C9H17NO4. The van der Waals surface area contributed by atoms with Crippen molar-refractivity contribution in [2.24, 2.45) is 0 Å². The quantitative estimate of drug-likeness (QED) is 0.628. The molecule has 1 fully saturated rings. The Morgan fingerprint density at radius 1 is 1.79 bits per heavy atom. The van der Waals surface area contributed by atoms with Gasteiger partial charge in [-0.3, -0.25) is 10.1 Å². The Hall–Kier alpha value is -0.650. The van der Waals surface area contributed by atoms with Crippen molar-refractivity contribution in [1.82, 2.24) is 5.32 Å². The summed E-state index contributed by atoms with van der Waals surface area (Å²) in [6.07, 6.45) is 2.23. The lowest BCUT2D eigenvalue weighted by molar-refractivity contribution is -0.141. The van der Waals surface area contributed by atoms with E-state index in [0.717, 1.165) is 19.4 Å². The number of ether oxygens (including phenoxy) is 2. The highest BCUT2D eigenvalue weighted by Crippen LogP contribution is 2.10. The van der Waals surface area contributed by atoms with Crippen molar-refractivity contribution in [3.8, 4) is 0 Å². The summed E-state index contributed by atoms with van der Waals surface area (Å²) in [7, 11) is 1.49. The first-order valence-electron chi connectivity index (χ1n) is 4.80. The lowest BCUT2D eigenvalue weighted by Gasteiger charge is -2.16. The van der Waals surface area contributed by atoms with Gasteiger partial charge in [0.25, 0.3) is 0 Å². The van der Waals surface area contributed by atoms with E-state index in [4.69, 9.17) is 14.6 Å². The van der Waals surface area contributed by atoms with E-state index in [-0.39, 0.29) is 12.7 Å². The van der Waals surface area contributed by atoms with Gasteiger partial charge in [-0.25, -0.2) is 0 Å². The monoisotopic (exact) mass is 203 g/mol. The maximum Gasteiger partial charge on any atom is 0.323 e. The molecule has 0 aromatic heterocycles. The molecule has 82 valence electrons. The molecule has 0 bridgehead atoms. The summed E-state index contributed by atoms with van der Waals surface area (Å²) in [5.74, 6) is -0.884. The molecule has 1 aliphatic rings. The molecule has 1 saturated heterocycles. The zero-order valence-corrected chi connectivity index (χ0v) is 8.36. The minimum absolute atomic E-state index is 0.161. The first kappa shape index (κ1) is 11.4. The maximum atomic E-state index is 10.7. The van der Waals surface area contributed by atoms with Gasteiger partial charge in [0, 0.05) is 20.3 Å². The summed E-state index contributed by atoms with van der Waals surface area (Å²) in [6, 6.07) is -0.635. The van der Waals surface area contributed by atoms with E-state index in [1.165, 1.54) is 7.11 Å². The third-order valence-corrected chi connectivity index (χ3v) is 2.25. The summed E-state index contributed by atoms with van der Waals surface area (Å²) in [4.78, 5) is 10.7. The van der Waals surface area contributed by atoms with E-state index in [1.54, 1.807) is 0 Å². The van der Waals surface area contributed by atoms with Gasteiger partial charge < -0.3 is 14.6 Å². The van der Waals surface area contributed by atoms with Crippen molar-refractivity contribution >= 4 is 5.97 Å². The summed E-state index contributed by atoms with van der Waals surface area (Å²) < 4.78 is 10.2. The molecule has 0 radical (unpaired) electrons. The zero-order valence-electron chi connectivity index (χ0n) is 8.36. The van der Waals surface area contributed by atoms with Gasteiger partial charge in [0.1, 0.15) is 6.04 Å². The van der Waals surface area contributed by atoms with Crippen LogP contribution in [0.25, 0.3) is 0 Å². The van der Waals surface area contributed by atoms with Gasteiger partial charge in [0.2, 0.25) is 0 Å². The number of nitrogens with one attached hydrogen (secondary N) is 1. The predicted molar refractivity (Wildman–Crippen MR) is 50.3 cm³/mol. The number of carboxylic acid groups (broad SMARTS) is 1. The van der Waals surface area contributed by atoms with Crippen LogP contribution in [0.2, 0.25) is 0 Å². The van der Waals surface area contributed by atoms with Crippen LogP contribution in [0.4, 0.5) is 0 Å². The number of hydrogen-bond donors (Lipinski definition) is 2. The van der Waals surface area contributed by atoms with Crippen molar-refractivity contribution in [3.63, 3.8) is 0 Å². The lowest BCUT2D eigenvalue weighted by Crippen LogP contribution is -2.43. The zero-order chi connectivity index (χ0) is 10.4. The van der Waals surface area contributed by atoms with Gasteiger partial charge in [0.15, 0.2) is 0 Å². The van der Waals surface area contributed by atoms with E-state index in [1.807, 2.05) is 0 Å². The van der Waals surface area contributed by atoms with Crippen molar-refractivity contribution < 1.29 is 19.4 Å². The van der Waals surface area contributed by atoms with Crippen LogP contribution in [0.3, 0.4) is 0 Å². The molecule has 2 atom stereocenters. The number of aliphatic carboxylic acids is 1. The minimum atomic E-state index is -0.884. The summed E-state index contributed by atoms with van der Waals surface area (Å²) >= 11 is 0. The van der Waals surface area contributed by atoms with Crippen molar-refractivity contribution in [2.45, 2.75) is 25.0 Å². The highest BCUT2D eigenvalue weighted by molar-refractivity contribution is 5.73. The van der Waals surface area contributed by atoms with Gasteiger partial charge in [-0.15, -0.1) is 0 Å². The third-order valence-electron chi connectivity index (χ3n) is 2.25.